The minimum absolute atomic E-state index is 0.145. The normalized spacial score (nSPS) is 22.8. The molecule has 28 heavy (non-hydrogen) atoms. The fourth-order valence-electron chi connectivity index (χ4n) is 4.76. The van der Waals surface area contributed by atoms with Crippen molar-refractivity contribution in [3.8, 4) is 0 Å². The Morgan fingerprint density at radius 3 is 2.93 bits per heavy atom. The Morgan fingerprint density at radius 1 is 1.25 bits per heavy atom. The van der Waals surface area contributed by atoms with Gasteiger partial charge >= 0.3 is 0 Å². The van der Waals surface area contributed by atoms with Crippen LogP contribution in [-0.4, -0.2) is 42.7 Å². The Balaban J connectivity index is 1.60. The number of likely N-dealkylation sites (tertiary alicyclic amines) is 1. The monoisotopic (exact) mass is 399 g/mol. The SMILES string of the molecule is CCC1CCCCN1Cc1nc2c3c4c(sc3nc(C)n2n1)COC(C)(C)C4. The van der Waals surface area contributed by atoms with Crippen molar-refractivity contribution in [1.82, 2.24) is 24.5 Å². The van der Waals surface area contributed by atoms with Gasteiger partial charge in [-0.1, -0.05) is 13.3 Å². The second-order valence-electron chi connectivity index (χ2n) is 8.86. The Kier molecular flexibility index (Phi) is 4.45. The van der Waals surface area contributed by atoms with Gasteiger partial charge in [0.25, 0.3) is 0 Å². The van der Waals surface area contributed by atoms with Gasteiger partial charge in [-0.2, -0.15) is 4.52 Å². The minimum atomic E-state index is -0.145. The van der Waals surface area contributed by atoms with Crippen LogP contribution < -0.4 is 0 Å². The van der Waals surface area contributed by atoms with E-state index < -0.39 is 0 Å². The van der Waals surface area contributed by atoms with Gasteiger partial charge in [-0.25, -0.2) is 9.97 Å². The molecule has 7 heteroatoms. The molecule has 5 rings (SSSR count). The average Bonchev–Trinajstić information content (AvgIpc) is 3.22. The third kappa shape index (κ3) is 3.04. The summed E-state index contributed by atoms with van der Waals surface area (Å²) in [6.07, 6.45) is 6.01. The van der Waals surface area contributed by atoms with Crippen LogP contribution in [0.2, 0.25) is 0 Å². The molecule has 1 unspecified atom stereocenters. The summed E-state index contributed by atoms with van der Waals surface area (Å²) in [7, 11) is 0. The van der Waals surface area contributed by atoms with Crippen LogP contribution in [0.3, 0.4) is 0 Å². The number of rotatable bonds is 3. The van der Waals surface area contributed by atoms with Crippen LogP contribution in [0.4, 0.5) is 0 Å². The van der Waals surface area contributed by atoms with Crippen LogP contribution in [0.5, 0.6) is 0 Å². The fraction of sp³-hybridized carbons (Fsp3) is 0.667. The molecule has 2 aliphatic rings. The van der Waals surface area contributed by atoms with E-state index in [0.717, 1.165) is 41.6 Å². The fourth-order valence-corrected chi connectivity index (χ4v) is 5.91. The summed E-state index contributed by atoms with van der Waals surface area (Å²) in [5, 5.41) is 6.05. The summed E-state index contributed by atoms with van der Waals surface area (Å²) < 4.78 is 7.98. The number of aryl methyl sites for hydroxylation is 1. The zero-order valence-electron chi connectivity index (χ0n) is 17.3. The largest absolute Gasteiger partial charge is 0.370 e. The second kappa shape index (κ2) is 6.75. The number of aromatic nitrogens is 4. The summed E-state index contributed by atoms with van der Waals surface area (Å²) in [6, 6.07) is 0.659. The first kappa shape index (κ1) is 18.5. The zero-order chi connectivity index (χ0) is 19.5. The van der Waals surface area contributed by atoms with E-state index in [1.807, 2.05) is 11.4 Å². The molecular formula is C21H29N5OS. The summed E-state index contributed by atoms with van der Waals surface area (Å²) >= 11 is 1.75. The third-order valence-electron chi connectivity index (χ3n) is 6.28. The highest BCUT2D eigenvalue weighted by atomic mass is 32.1. The molecule has 5 heterocycles. The second-order valence-corrected chi connectivity index (χ2v) is 9.94. The highest BCUT2D eigenvalue weighted by molar-refractivity contribution is 7.19. The van der Waals surface area contributed by atoms with E-state index in [4.69, 9.17) is 19.8 Å². The van der Waals surface area contributed by atoms with Gasteiger partial charge in [0, 0.05) is 17.3 Å². The van der Waals surface area contributed by atoms with E-state index in [1.165, 1.54) is 41.5 Å². The van der Waals surface area contributed by atoms with Crippen LogP contribution in [0.25, 0.3) is 15.9 Å². The van der Waals surface area contributed by atoms with Crippen LogP contribution >= 0.6 is 11.3 Å². The van der Waals surface area contributed by atoms with Gasteiger partial charge in [-0.3, -0.25) is 4.90 Å². The summed E-state index contributed by atoms with van der Waals surface area (Å²) in [6.45, 7) is 11.3. The third-order valence-corrected chi connectivity index (χ3v) is 7.38. The molecule has 0 aliphatic carbocycles. The number of piperidine rings is 1. The van der Waals surface area contributed by atoms with Crippen molar-refractivity contribution in [3.05, 3.63) is 22.1 Å². The maximum absolute atomic E-state index is 6.03. The van der Waals surface area contributed by atoms with Crippen molar-refractivity contribution >= 4 is 27.2 Å². The zero-order valence-corrected chi connectivity index (χ0v) is 18.1. The number of nitrogens with zero attached hydrogens (tertiary/aromatic N) is 5. The smallest absolute Gasteiger partial charge is 0.168 e. The first-order valence-corrected chi connectivity index (χ1v) is 11.3. The van der Waals surface area contributed by atoms with Crippen molar-refractivity contribution in [2.24, 2.45) is 0 Å². The topological polar surface area (TPSA) is 55.6 Å². The molecule has 2 aliphatic heterocycles. The minimum Gasteiger partial charge on any atom is -0.370 e. The molecule has 1 fully saturated rings. The van der Waals surface area contributed by atoms with Crippen LogP contribution in [0.15, 0.2) is 0 Å². The molecular weight excluding hydrogens is 370 g/mol. The predicted octanol–water partition coefficient (Wildman–Crippen LogP) is 4.26. The quantitative estimate of drug-likeness (QED) is 0.658. The highest BCUT2D eigenvalue weighted by Crippen LogP contribution is 2.39. The number of thiophene rings is 1. The molecule has 0 radical (unpaired) electrons. The molecule has 1 saturated heterocycles. The van der Waals surface area contributed by atoms with Gasteiger partial charge in [0.1, 0.15) is 10.7 Å². The molecule has 0 aromatic carbocycles. The van der Waals surface area contributed by atoms with Crippen molar-refractivity contribution in [2.75, 3.05) is 6.54 Å². The molecule has 3 aromatic heterocycles. The van der Waals surface area contributed by atoms with E-state index in [-0.39, 0.29) is 5.60 Å². The Bertz CT molecular complexity index is 1040. The lowest BCUT2D eigenvalue weighted by molar-refractivity contribution is -0.0379. The first-order valence-electron chi connectivity index (χ1n) is 10.5. The lowest BCUT2D eigenvalue weighted by atomic mass is 9.94. The lowest BCUT2D eigenvalue weighted by Crippen LogP contribution is -2.38. The van der Waals surface area contributed by atoms with E-state index in [9.17, 15) is 0 Å². The molecule has 150 valence electrons. The standard InChI is InChI=1S/C21H29N5OS/c1-5-14-8-6-7-9-25(14)11-17-23-19-18-15-10-21(3,4)27-12-16(15)28-20(18)22-13(2)26(19)24-17/h14H,5-12H2,1-4H3. The van der Waals surface area contributed by atoms with Gasteiger partial charge in [-0.15, -0.1) is 16.4 Å². The van der Waals surface area contributed by atoms with Crippen molar-refractivity contribution in [3.63, 3.8) is 0 Å². The van der Waals surface area contributed by atoms with Crippen molar-refractivity contribution in [2.45, 2.75) is 84.6 Å². The van der Waals surface area contributed by atoms with Gasteiger partial charge in [0.05, 0.1) is 24.1 Å². The van der Waals surface area contributed by atoms with Crippen LogP contribution in [0.1, 0.15) is 68.5 Å². The molecule has 6 nitrogen and oxygen atoms in total. The van der Waals surface area contributed by atoms with Crippen LogP contribution in [0, 0.1) is 6.92 Å². The Hall–Kier alpha value is -1.57. The Labute approximate surface area is 169 Å². The average molecular weight is 400 g/mol. The van der Waals surface area contributed by atoms with E-state index in [0.29, 0.717) is 12.6 Å². The molecule has 3 aromatic rings. The molecule has 0 amide bonds. The molecule has 1 atom stereocenters. The number of hydrogen-bond acceptors (Lipinski definition) is 6. The maximum Gasteiger partial charge on any atom is 0.168 e. The van der Waals surface area contributed by atoms with Crippen molar-refractivity contribution < 1.29 is 4.74 Å². The molecule has 0 spiro atoms. The Morgan fingerprint density at radius 2 is 2.11 bits per heavy atom. The molecule has 0 bridgehead atoms. The number of ether oxygens (including phenoxy) is 1. The summed E-state index contributed by atoms with van der Waals surface area (Å²) in [5.74, 6) is 1.83. The summed E-state index contributed by atoms with van der Waals surface area (Å²) in [4.78, 5) is 14.8. The lowest BCUT2D eigenvalue weighted by Gasteiger charge is -2.34. The van der Waals surface area contributed by atoms with Crippen molar-refractivity contribution in [1.29, 1.82) is 0 Å². The molecule has 0 saturated carbocycles. The van der Waals surface area contributed by atoms with E-state index in [1.54, 1.807) is 11.3 Å². The van der Waals surface area contributed by atoms with Crippen LogP contribution in [-0.2, 0) is 24.3 Å². The van der Waals surface area contributed by atoms with E-state index >= 15 is 0 Å². The first-order chi connectivity index (χ1) is 13.4. The maximum atomic E-state index is 6.03. The van der Waals surface area contributed by atoms with Gasteiger partial charge in [-0.05, 0) is 52.1 Å². The van der Waals surface area contributed by atoms with Gasteiger partial charge in [0.15, 0.2) is 11.5 Å². The highest BCUT2D eigenvalue weighted by Gasteiger charge is 2.31. The number of fused-ring (bicyclic) bond motifs is 5. The van der Waals surface area contributed by atoms with Gasteiger partial charge < -0.3 is 4.74 Å². The van der Waals surface area contributed by atoms with E-state index in [2.05, 4.69) is 25.7 Å². The summed E-state index contributed by atoms with van der Waals surface area (Å²) in [5.41, 5.74) is 2.18. The van der Waals surface area contributed by atoms with Gasteiger partial charge in [0.2, 0.25) is 0 Å². The molecule has 0 N–H and O–H groups in total. The number of hydrogen-bond donors (Lipinski definition) is 0. The predicted molar refractivity (Wildman–Crippen MR) is 112 cm³/mol.